The summed E-state index contributed by atoms with van der Waals surface area (Å²) >= 11 is 1.43. The number of pyridine rings is 1. The van der Waals surface area contributed by atoms with Crippen molar-refractivity contribution in [3.05, 3.63) is 38.8 Å². The summed E-state index contributed by atoms with van der Waals surface area (Å²) in [4.78, 5) is 20.9. The third-order valence-electron chi connectivity index (χ3n) is 1.45. The zero-order valence-electron chi connectivity index (χ0n) is 6.97. The first kappa shape index (κ1) is 9.79. The highest BCUT2D eigenvalue weighted by Gasteiger charge is 2.06. The molecular weight excluding hydrogens is 192 g/mol. The lowest BCUT2D eigenvalue weighted by Crippen LogP contribution is -2.17. The monoisotopic (exact) mass is 200 g/mol. The van der Waals surface area contributed by atoms with Crippen LogP contribution in [0.25, 0.3) is 0 Å². The summed E-state index contributed by atoms with van der Waals surface area (Å²) in [5.74, 6) is 0.431. The van der Waals surface area contributed by atoms with Crippen molar-refractivity contribution in [1.82, 2.24) is 4.57 Å². The molecule has 0 fully saturated rings. The summed E-state index contributed by atoms with van der Waals surface area (Å²) in [5.41, 5.74) is -0.284. The Labute approximate surface area is 78.5 Å². The molecule has 0 aromatic carbocycles. The second-order valence-corrected chi connectivity index (χ2v) is 3.21. The van der Waals surface area contributed by atoms with Crippen LogP contribution in [0.5, 0.6) is 0 Å². The fraction of sp³-hybridized carbons (Fsp3) is 0.286. The van der Waals surface area contributed by atoms with Crippen LogP contribution in [0.1, 0.15) is 0 Å². The maximum atomic E-state index is 11.1. The highest BCUT2D eigenvalue weighted by Crippen LogP contribution is 2.07. The number of rotatable bonds is 3. The number of nitro groups is 1. The second kappa shape index (κ2) is 4.08. The third kappa shape index (κ3) is 2.32. The molecule has 0 radical (unpaired) electrons. The van der Waals surface area contributed by atoms with Crippen LogP contribution >= 0.6 is 11.8 Å². The van der Waals surface area contributed by atoms with Gasteiger partial charge in [0.15, 0.2) is 0 Å². The van der Waals surface area contributed by atoms with Gasteiger partial charge in [0.25, 0.3) is 11.2 Å². The van der Waals surface area contributed by atoms with Crippen LogP contribution < -0.4 is 5.56 Å². The molecule has 0 amide bonds. The molecular formula is C7H8N2O3S. The van der Waals surface area contributed by atoms with E-state index < -0.39 is 4.92 Å². The topological polar surface area (TPSA) is 65.1 Å². The zero-order chi connectivity index (χ0) is 9.84. The third-order valence-corrected chi connectivity index (χ3v) is 1.98. The maximum absolute atomic E-state index is 11.1. The number of hydrogen-bond acceptors (Lipinski definition) is 4. The summed E-state index contributed by atoms with van der Waals surface area (Å²) in [5, 5.41) is 10.4. The van der Waals surface area contributed by atoms with Gasteiger partial charge in [-0.3, -0.25) is 19.5 Å². The Kier molecular flexibility index (Phi) is 3.07. The molecule has 0 aliphatic rings. The van der Waals surface area contributed by atoms with Crippen molar-refractivity contribution in [2.24, 2.45) is 0 Å². The molecule has 5 nitrogen and oxygen atoms in total. The van der Waals surface area contributed by atoms with Gasteiger partial charge < -0.3 is 0 Å². The average molecular weight is 200 g/mol. The summed E-state index contributed by atoms with van der Waals surface area (Å²) in [6.45, 7) is 0. The Morgan fingerprint density at radius 2 is 2.31 bits per heavy atom. The lowest BCUT2D eigenvalue weighted by Gasteiger charge is -2.00. The summed E-state index contributed by atoms with van der Waals surface area (Å²) in [7, 11) is 0. The second-order valence-electron chi connectivity index (χ2n) is 2.37. The zero-order valence-corrected chi connectivity index (χ0v) is 7.78. The highest BCUT2D eigenvalue weighted by molar-refractivity contribution is 7.97. The Bertz CT molecular complexity index is 374. The first-order chi connectivity index (χ1) is 6.15. The minimum Gasteiger partial charge on any atom is -0.299 e. The van der Waals surface area contributed by atoms with Crippen LogP contribution in [0, 0.1) is 10.1 Å². The van der Waals surface area contributed by atoms with E-state index in [1.54, 1.807) is 0 Å². The van der Waals surface area contributed by atoms with Crippen molar-refractivity contribution in [2.45, 2.75) is 5.88 Å². The van der Waals surface area contributed by atoms with Crippen LogP contribution in [-0.2, 0) is 5.88 Å². The maximum Gasteiger partial charge on any atom is 0.285 e. The van der Waals surface area contributed by atoms with E-state index in [0.29, 0.717) is 5.88 Å². The van der Waals surface area contributed by atoms with E-state index in [9.17, 15) is 14.9 Å². The molecule has 0 saturated heterocycles. The lowest BCUT2D eigenvalue weighted by molar-refractivity contribution is -0.385. The van der Waals surface area contributed by atoms with E-state index >= 15 is 0 Å². The minimum absolute atomic E-state index is 0.0614. The van der Waals surface area contributed by atoms with Crippen molar-refractivity contribution in [2.75, 3.05) is 6.26 Å². The van der Waals surface area contributed by atoms with Gasteiger partial charge in [0, 0.05) is 12.1 Å². The Hall–Kier alpha value is -1.30. The Balaban J connectivity index is 3.11. The molecule has 0 aliphatic carbocycles. The first-order valence-corrected chi connectivity index (χ1v) is 4.88. The van der Waals surface area contributed by atoms with Crippen molar-refractivity contribution >= 4 is 17.4 Å². The highest BCUT2D eigenvalue weighted by atomic mass is 32.2. The smallest absolute Gasteiger partial charge is 0.285 e. The van der Waals surface area contributed by atoms with Crippen LogP contribution in [0.3, 0.4) is 0 Å². The molecule has 1 heterocycles. The van der Waals surface area contributed by atoms with Gasteiger partial charge in [-0.05, 0) is 6.26 Å². The van der Waals surface area contributed by atoms with Gasteiger partial charge >= 0.3 is 0 Å². The molecule has 0 saturated carbocycles. The molecule has 0 unspecified atom stereocenters. The SMILES string of the molecule is CSCn1cc([N+](=O)[O-])ccc1=O. The van der Waals surface area contributed by atoms with Crippen LogP contribution in [0.15, 0.2) is 23.1 Å². The largest absolute Gasteiger partial charge is 0.299 e. The van der Waals surface area contributed by atoms with Crippen molar-refractivity contribution in [3.8, 4) is 0 Å². The lowest BCUT2D eigenvalue weighted by atomic mass is 10.4. The van der Waals surface area contributed by atoms with E-state index in [-0.39, 0.29) is 11.2 Å². The van der Waals surface area contributed by atoms with Crippen LogP contribution in [0.4, 0.5) is 5.69 Å². The first-order valence-electron chi connectivity index (χ1n) is 3.49. The van der Waals surface area contributed by atoms with Gasteiger partial charge in [-0.1, -0.05) is 0 Å². The average Bonchev–Trinajstić information content (AvgIpc) is 2.08. The molecule has 1 aromatic rings. The number of hydrogen-bond donors (Lipinski definition) is 0. The van der Waals surface area contributed by atoms with E-state index in [0.717, 1.165) is 0 Å². The summed E-state index contributed by atoms with van der Waals surface area (Å²) in [6.07, 6.45) is 3.07. The normalized spacial score (nSPS) is 9.92. The van der Waals surface area contributed by atoms with E-state index in [4.69, 9.17) is 0 Å². The molecule has 0 N–H and O–H groups in total. The van der Waals surface area contributed by atoms with Gasteiger partial charge in [0.1, 0.15) is 0 Å². The predicted octanol–water partition coefficient (Wildman–Crippen LogP) is 1.08. The Morgan fingerprint density at radius 3 is 2.85 bits per heavy atom. The van der Waals surface area contributed by atoms with Gasteiger partial charge in [-0.2, -0.15) is 0 Å². The minimum atomic E-state index is -0.518. The van der Waals surface area contributed by atoms with Crippen molar-refractivity contribution in [3.63, 3.8) is 0 Å². The fourth-order valence-electron chi connectivity index (χ4n) is 0.867. The van der Waals surface area contributed by atoms with Crippen LogP contribution in [0.2, 0.25) is 0 Å². The van der Waals surface area contributed by atoms with Crippen molar-refractivity contribution in [1.29, 1.82) is 0 Å². The number of thioether (sulfide) groups is 1. The standard InChI is InChI=1S/C7H8N2O3S/c1-13-5-8-4-6(9(11)12)2-3-7(8)10/h2-4H,5H2,1H3. The quantitative estimate of drug-likeness (QED) is 0.541. The molecule has 1 rings (SSSR count). The summed E-state index contributed by atoms with van der Waals surface area (Å²) in [6, 6.07) is 2.41. The van der Waals surface area contributed by atoms with Crippen LogP contribution in [-0.4, -0.2) is 15.7 Å². The number of nitrogens with zero attached hydrogens (tertiary/aromatic N) is 2. The van der Waals surface area contributed by atoms with E-state index in [1.165, 1.54) is 34.7 Å². The van der Waals surface area contributed by atoms with E-state index in [2.05, 4.69) is 0 Å². The fourth-order valence-corrected chi connectivity index (χ4v) is 1.35. The molecule has 1 aromatic heterocycles. The summed E-state index contributed by atoms with van der Waals surface area (Å²) < 4.78 is 1.31. The van der Waals surface area contributed by atoms with Gasteiger partial charge in [0.2, 0.25) is 0 Å². The molecule has 13 heavy (non-hydrogen) atoms. The Morgan fingerprint density at radius 1 is 1.62 bits per heavy atom. The van der Waals surface area contributed by atoms with Crippen molar-refractivity contribution < 1.29 is 4.92 Å². The molecule has 6 heteroatoms. The molecule has 0 spiro atoms. The molecule has 0 atom stereocenters. The van der Waals surface area contributed by atoms with Gasteiger partial charge in [-0.25, -0.2) is 0 Å². The molecule has 70 valence electrons. The number of aromatic nitrogens is 1. The predicted molar refractivity (Wildman–Crippen MR) is 50.9 cm³/mol. The van der Waals surface area contributed by atoms with E-state index in [1.807, 2.05) is 6.26 Å². The molecule has 0 aliphatic heterocycles. The van der Waals surface area contributed by atoms with Gasteiger partial charge in [-0.15, -0.1) is 11.8 Å². The molecule has 0 bridgehead atoms. The van der Waals surface area contributed by atoms with Gasteiger partial charge in [0.05, 0.1) is 17.0 Å².